The predicted octanol–water partition coefficient (Wildman–Crippen LogP) is 3.39. The van der Waals surface area contributed by atoms with Gasteiger partial charge in [0, 0.05) is 5.69 Å². The molecule has 0 unspecified atom stereocenters. The third-order valence-corrected chi connectivity index (χ3v) is 2.59. The molecule has 14 heavy (non-hydrogen) atoms. The Bertz CT molecular complexity index is 399. The van der Waals surface area contributed by atoms with Gasteiger partial charge >= 0.3 is 0 Å². The van der Waals surface area contributed by atoms with Gasteiger partial charge in [0.25, 0.3) is 0 Å². The van der Waals surface area contributed by atoms with Crippen molar-refractivity contribution in [2.45, 2.75) is 19.8 Å². The monoisotopic (exact) mass is 185 g/mol. The Morgan fingerprint density at radius 1 is 1.14 bits per heavy atom. The zero-order valence-electron chi connectivity index (χ0n) is 8.46. The average Bonchev–Trinajstić information content (AvgIpc) is 2.18. The van der Waals surface area contributed by atoms with Crippen LogP contribution in [0.2, 0.25) is 0 Å². The van der Waals surface area contributed by atoms with E-state index < -0.39 is 0 Å². The molecule has 0 amide bonds. The van der Waals surface area contributed by atoms with Gasteiger partial charge < -0.3 is 5.73 Å². The van der Waals surface area contributed by atoms with Gasteiger partial charge in [-0.15, -0.1) is 0 Å². The minimum absolute atomic E-state index is 0.835. The van der Waals surface area contributed by atoms with Crippen LogP contribution in [0, 0.1) is 0 Å². The minimum atomic E-state index is 0.835. The summed E-state index contributed by atoms with van der Waals surface area (Å²) in [5, 5.41) is 0. The second-order valence-electron chi connectivity index (χ2n) is 3.71. The number of hydrogen-bond acceptors (Lipinski definition) is 1. The fourth-order valence-electron chi connectivity index (χ4n) is 1.85. The van der Waals surface area contributed by atoms with Crippen molar-refractivity contribution in [2.24, 2.45) is 0 Å². The van der Waals surface area contributed by atoms with Gasteiger partial charge in [0.1, 0.15) is 0 Å². The molecule has 0 fully saturated rings. The number of benzene rings is 1. The highest BCUT2D eigenvalue weighted by molar-refractivity contribution is 5.80. The van der Waals surface area contributed by atoms with Gasteiger partial charge in [-0.1, -0.05) is 24.3 Å². The first-order valence-electron chi connectivity index (χ1n) is 5.00. The molecule has 1 nitrogen and oxygen atoms in total. The van der Waals surface area contributed by atoms with Crippen LogP contribution in [0.3, 0.4) is 0 Å². The molecule has 0 saturated heterocycles. The average molecular weight is 185 g/mol. The van der Waals surface area contributed by atoms with Crippen molar-refractivity contribution in [1.29, 1.82) is 0 Å². The molecule has 1 aromatic rings. The van der Waals surface area contributed by atoms with Gasteiger partial charge in [0.2, 0.25) is 0 Å². The summed E-state index contributed by atoms with van der Waals surface area (Å²) in [7, 11) is 0. The Morgan fingerprint density at radius 3 is 2.64 bits per heavy atom. The van der Waals surface area contributed by atoms with E-state index in [1.54, 1.807) is 0 Å². The largest absolute Gasteiger partial charge is 0.399 e. The Labute approximate surface area is 84.9 Å². The van der Waals surface area contributed by atoms with Gasteiger partial charge in [-0.25, -0.2) is 0 Å². The first-order chi connectivity index (χ1) is 6.77. The molecular weight excluding hydrogens is 170 g/mol. The van der Waals surface area contributed by atoms with Crippen molar-refractivity contribution in [3.63, 3.8) is 0 Å². The third-order valence-electron chi connectivity index (χ3n) is 2.59. The number of nitrogen functional groups attached to an aromatic ring is 1. The van der Waals surface area contributed by atoms with Gasteiger partial charge in [-0.05, 0) is 48.6 Å². The van der Waals surface area contributed by atoms with Crippen LogP contribution in [0.25, 0.3) is 5.57 Å². The summed E-state index contributed by atoms with van der Waals surface area (Å²) in [5.74, 6) is 0. The standard InChI is InChI=1S/C13H15N/c1-10-5-2-3-8-13(10)11-6-4-7-12(14)9-11/h4-9H,2-3,14H2,1H3. The molecule has 1 heteroatoms. The zero-order valence-corrected chi connectivity index (χ0v) is 8.46. The van der Waals surface area contributed by atoms with Crippen molar-refractivity contribution in [2.75, 3.05) is 5.73 Å². The second kappa shape index (κ2) is 3.70. The molecule has 0 spiro atoms. The first-order valence-corrected chi connectivity index (χ1v) is 5.00. The maximum absolute atomic E-state index is 5.76. The van der Waals surface area contributed by atoms with Gasteiger partial charge in [0.15, 0.2) is 0 Å². The van der Waals surface area contributed by atoms with Crippen molar-refractivity contribution in [3.05, 3.63) is 47.6 Å². The number of rotatable bonds is 1. The summed E-state index contributed by atoms with van der Waals surface area (Å²) in [5.41, 5.74) is 10.5. The Hall–Kier alpha value is -1.50. The van der Waals surface area contributed by atoms with Crippen LogP contribution in [0.1, 0.15) is 25.3 Å². The van der Waals surface area contributed by atoms with Crippen LogP contribution in [-0.4, -0.2) is 0 Å². The van der Waals surface area contributed by atoms with Crippen molar-refractivity contribution in [1.82, 2.24) is 0 Å². The topological polar surface area (TPSA) is 26.0 Å². The van der Waals surface area contributed by atoms with Crippen LogP contribution in [0.15, 0.2) is 42.0 Å². The molecular formula is C13H15N. The molecule has 1 aliphatic carbocycles. The first kappa shape index (κ1) is 9.07. The Kier molecular flexibility index (Phi) is 2.40. The van der Waals surface area contributed by atoms with E-state index in [1.165, 1.54) is 16.7 Å². The highest BCUT2D eigenvalue weighted by Crippen LogP contribution is 2.28. The van der Waals surface area contributed by atoms with Crippen molar-refractivity contribution in [3.8, 4) is 0 Å². The summed E-state index contributed by atoms with van der Waals surface area (Å²) in [6, 6.07) is 8.08. The quantitative estimate of drug-likeness (QED) is 0.667. The van der Waals surface area contributed by atoms with Gasteiger partial charge in [-0.2, -0.15) is 0 Å². The maximum atomic E-state index is 5.76. The van der Waals surface area contributed by atoms with E-state index in [0.717, 1.165) is 18.5 Å². The van der Waals surface area contributed by atoms with Crippen LogP contribution in [0.5, 0.6) is 0 Å². The molecule has 0 radical (unpaired) electrons. The summed E-state index contributed by atoms with van der Waals surface area (Å²) >= 11 is 0. The van der Waals surface area contributed by atoms with Crippen LogP contribution >= 0.6 is 0 Å². The molecule has 2 rings (SSSR count). The van der Waals surface area contributed by atoms with Gasteiger partial charge in [0.05, 0.1) is 0 Å². The molecule has 0 saturated carbocycles. The third kappa shape index (κ3) is 1.72. The molecule has 0 heterocycles. The van der Waals surface area contributed by atoms with E-state index in [-0.39, 0.29) is 0 Å². The molecule has 0 bridgehead atoms. The summed E-state index contributed by atoms with van der Waals surface area (Å²) in [4.78, 5) is 0. The van der Waals surface area contributed by atoms with Crippen LogP contribution in [-0.2, 0) is 0 Å². The molecule has 2 N–H and O–H groups in total. The number of allylic oxidation sites excluding steroid dienone is 4. The molecule has 1 aliphatic rings. The normalized spacial score (nSPS) is 16.1. The summed E-state index contributed by atoms with van der Waals surface area (Å²) in [6.07, 6.45) is 6.89. The van der Waals surface area contributed by atoms with E-state index in [0.29, 0.717) is 0 Å². The molecule has 1 aromatic carbocycles. The van der Waals surface area contributed by atoms with E-state index in [2.05, 4.69) is 25.1 Å². The molecule has 0 aliphatic heterocycles. The van der Waals surface area contributed by atoms with E-state index >= 15 is 0 Å². The minimum Gasteiger partial charge on any atom is -0.399 e. The lowest BCUT2D eigenvalue weighted by molar-refractivity contribution is 1.02. The smallest absolute Gasteiger partial charge is 0.0320 e. The fraction of sp³-hybridized carbons (Fsp3) is 0.231. The highest BCUT2D eigenvalue weighted by atomic mass is 14.5. The Morgan fingerprint density at radius 2 is 1.93 bits per heavy atom. The predicted molar refractivity (Wildman–Crippen MR) is 61.8 cm³/mol. The SMILES string of the molecule is CC1=CCCC=C1c1cccc(N)c1. The van der Waals surface area contributed by atoms with Crippen molar-refractivity contribution < 1.29 is 0 Å². The lowest BCUT2D eigenvalue weighted by Gasteiger charge is -2.13. The van der Waals surface area contributed by atoms with Crippen LogP contribution in [0.4, 0.5) is 5.69 Å². The number of nitrogens with two attached hydrogens (primary N) is 1. The highest BCUT2D eigenvalue weighted by Gasteiger charge is 2.06. The van der Waals surface area contributed by atoms with E-state index in [1.807, 2.05) is 18.2 Å². The second-order valence-corrected chi connectivity index (χ2v) is 3.71. The summed E-state index contributed by atoms with van der Waals surface area (Å²) in [6.45, 7) is 2.16. The van der Waals surface area contributed by atoms with E-state index in [4.69, 9.17) is 5.73 Å². The number of hydrogen-bond donors (Lipinski definition) is 1. The zero-order chi connectivity index (χ0) is 9.97. The molecule has 0 atom stereocenters. The van der Waals surface area contributed by atoms with Gasteiger partial charge in [-0.3, -0.25) is 0 Å². The summed E-state index contributed by atoms with van der Waals surface area (Å²) < 4.78 is 0. The maximum Gasteiger partial charge on any atom is 0.0320 e. The Balaban J connectivity index is 2.40. The lowest BCUT2D eigenvalue weighted by Crippen LogP contribution is -1.93. The van der Waals surface area contributed by atoms with Crippen molar-refractivity contribution >= 4 is 11.3 Å². The lowest BCUT2D eigenvalue weighted by atomic mass is 9.93. The molecule has 72 valence electrons. The fourth-order valence-corrected chi connectivity index (χ4v) is 1.85. The van der Waals surface area contributed by atoms with Crippen LogP contribution < -0.4 is 5.73 Å². The molecule has 0 aromatic heterocycles. The number of anilines is 1. The van der Waals surface area contributed by atoms with E-state index in [9.17, 15) is 0 Å².